The minimum absolute atomic E-state index is 0.584. The van der Waals surface area contributed by atoms with Gasteiger partial charge < -0.3 is 0 Å². The third-order valence-corrected chi connectivity index (χ3v) is 6.76. The van der Waals surface area contributed by atoms with E-state index in [1.807, 2.05) is 0 Å². The summed E-state index contributed by atoms with van der Waals surface area (Å²) in [6.07, 6.45) is 10.2. The molecule has 1 aromatic carbocycles. The summed E-state index contributed by atoms with van der Waals surface area (Å²) < 4.78 is 0. The van der Waals surface area contributed by atoms with Gasteiger partial charge in [0.1, 0.15) is 0 Å². The summed E-state index contributed by atoms with van der Waals surface area (Å²) in [5.41, 5.74) is 4.42. The van der Waals surface area contributed by atoms with Gasteiger partial charge in [-0.3, -0.25) is 0 Å². The second-order valence-corrected chi connectivity index (χ2v) is 7.04. The van der Waals surface area contributed by atoms with Gasteiger partial charge in [0.15, 0.2) is 0 Å². The van der Waals surface area contributed by atoms with Crippen LogP contribution in [0.3, 0.4) is 0 Å². The van der Waals surface area contributed by atoms with E-state index < -0.39 is 0 Å². The standard InChI is InChI=1S/C16H18S/c1-2-6-14-10-16-8-4-3-7-15(16,11-17-12-16)9-13(14)5-1/h1-6H,7-12H2. The van der Waals surface area contributed by atoms with Crippen molar-refractivity contribution in [2.24, 2.45) is 10.8 Å². The van der Waals surface area contributed by atoms with Crippen LogP contribution in [0, 0.1) is 10.8 Å². The van der Waals surface area contributed by atoms with Crippen molar-refractivity contribution in [1.29, 1.82) is 0 Å². The van der Waals surface area contributed by atoms with Gasteiger partial charge in [0, 0.05) is 11.5 Å². The van der Waals surface area contributed by atoms with Crippen LogP contribution in [0.5, 0.6) is 0 Å². The molecule has 0 bridgehead atoms. The lowest BCUT2D eigenvalue weighted by Crippen LogP contribution is -2.48. The van der Waals surface area contributed by atoms with Crippen molar-refractivity contribution in [1.82, 2.24) is 0 Å². The molecule has 2 unspecified atom stereocenters. The Kier molecular flexibility index (Phi) is 2.06. The number of hydrogen-bond acceptors (Lipinski definition) is 1. The van der Waals surface area contributed by atoms with Crippen molar-refractivity contribution in [3.63, 3.8) is 0 Å². The number of rotatable bonds is 0. The summed E-state index contributed by atoms with van der Waals surface area (Å²) >= 11 is 2.20. The maximum absolute atomic E-state index is 2.44. The van der Waals surface area contributed by atoms with Crippen LogP contribution in [0.1, 0.15) is 24.0 Å². The van der Waals surface area contributed by atoms with Crippen LogP contribution in [0.15, 0.2) is 36.4 Å². The average Bonchev–Trinajstić information content (AvgIpc) is 2.73. The highest BCUT2D eigenvalue weighted by Crippen LogP contribution is 2.62. The summed E-state index contributed by atoms with van der Waals surface area (Å²) in [6, 6.07) is 9.14. The van der Waals surface area contributed by atoms with Gasteiger partial charge in [-0.15, -0.1) is 0 Å². The molecular weight excluding hydrogens is 224 g/mol. The van der Waals surface area contributed by atoms with Crippen molar-refractivity contribution >= 4 is 11.8 Å². The number of hydrogen-bond donors (Lipinski definition) is 0. The first kappa shape index (κ1) is 10.3. The average molecular weight is 242 g/mol. The molecule has 4 rings (SSSR count). The van der Waals surface area contributed by atoms with Gasteiger partial charge in [0.05, 0.1) is 0 Å². The van der Waals surface area contributed by atoms with E-state index in [1.165, 1.54) is 37.2 Å². The smallest absolute Gasteiger partial charge is 0.000143 e. The first-order valence-electron chi connectivity index (χ1n) is 6.63. The van der Waals surface area contributed by atoms with Crippen molar-refractivity contribution in [2.45, 2.75) is 25.7 Å². The molecule has 0 aromatic heterocycles. The molecule has 0 nitrogen and oxygen atoms in total. The summed E-state index contributed by atoms with van der Waals surface area (Å²) in [7, 11) is 0. The number of allylic oxidation sites excluding steroid dienone is 2. The minimum atomic E-state index is 0.584. The molecule has 0 amide bonds. The molecule has 17 heavy (non-hydrogen) atoms. The normalized spacial score (nSPS) is 38.4. The fourth-order valence-corrected chi connectivity index (χ4v) is 6.11. The zero-order valence-electron chi connectivity index (χ0n) is 10.1. The van der Waals surface area contributed by atoms with E-state index in [0.717, 1.165) is 0 Å². The quantitative estimate of drug-likeness (QED) is 0.623. The molecule has 0 spiro atoms. The Morgan fingerprint density at radius 1 is 0.824 bits per heavy atom. The summed E-state index contributed by atoms with van der Waals surface area (Å²) in [4.78, 5) is 0. The highest BCUT2D eigenvalue weighted by molar-refractivity contribution is 7.99. The lowest BCUT2D eigenvalue weighted by Gasteiger charge is -2.51. The summed E-state index contributed by atoms with van der Waals surface area (Å²) in [5, 5.41) is 0. The Bertz CT molecular complexity index is 447. The van der Waals surface area contributed by atoms with E-state index >= 15 is 0 Å². The van der Waals surface area contributed by atoms with Crippen molar-refractivity contribution in [3.8, 4) is 0 Å². The summed E-state index contributed by atoms with van der Waals surface area (Å²) in [6.45, 7) is 0. The molecule has 1 heterocycles. The Labute approximate surface area is 107 Å². The molecule has 0 saturated carbocycles. The van der Waals surface area contributed by atoms with Crippen LogP contribution in [-0.2, 0) is 12.8 Å². The molecule has 0 radical (unpaired) electrons. The molecule has 2 aliphatic carbocycles. The number of benzene rings is 1. The van der Waals surface area contributed by atoms with Gasteiger partial charge in [0.2, 0.25) is 0 Å². The molecule has 1 aromatic rings. The molecule has 2 atom stereocenters. The second-order valence-electron chi connectivity index (χ2n) is 6.06. The first-order valence-corrected chi connectivity index (χ1v) is 7.79. The first-order chi connectivity index (χ1) is 8.34. The Morgan fingerprint density at radius 2 is 1.35 bits per heavy atom. The van der Waals surface area contributed by atoms with Gasteiger partial charge in [0.25, 0.3) is 0 Å². The summed E-state index contributed by atoms with van der Waals surface area (Å²) in [5.74, 6) is 2.76. The minimum Gasteiger partial charge on any atom is -0.161 e. The molecule has 1 heteroatoms. The van der Waals surface area contributed by atoms with Gasteiger partial charge in [-0.05, 0) is 47.6 Å². The molecule has 1 aliphatic heterocycles. The van der Waals surface area contributed by atoms with E-state index in [1.54, 1.807) is 11.1 Å². The van der Waals surface area contributed by atoms with Crippen LogP contribution >= 0.6 is 11.8 Å². The van der Waals surface area contributed by atoms with Crippen LogP contribution < -0.4 is 0 Å². The zero-order chi connectivity index (χ0) is 11.3. The fourth-order valence-electron chi connectivity index (χ4n) is 4.17. The van der Waals surface area contributed by atoms with Gasteiger partial charge in [-0.2, -0.15) is 11.8 Å². The van der Waals surface area contributed by atoms with Crippen LogP contribution in [-0.4, -0.2) is 11.5 Å². The Balaban J connectivity index is 1.87. The third kappa shape index (κ3) is 1.26. The highest BCUT2D eigenvalue weighted by atomic mass is 32.2. The van der Waals surface area contributed by atoms with Gasteiger partial charge in [-0.25, -0.2) is 0 Å². The Hall–Kier alpha value is -0.690. The number of fused-ring (bicyclic) bond motifs is 1. The van der Waals surface area contributed by atoms with Crippen LogP contribution in [0.25, 0.3) is 0 Å². The predicted octanol–water partition coefficient (Wildman–Crippen LogP) is 3.85. The fraction of sp³-hybridized carbons (Fsp3) is 0.500. The van der Waals surface area contributed by atoms with E-state index in [2.05, 4.69) is 48.2 Å². The Morgan fingerprint density at radius 3 is 1.88 bits per heavy atom. The number of thioether (sulfide) groups is 1. The molecular formula is C16H18S. The zero-order valence-corrected chi connectivity index (χ0v) is 10.9. The van der Waals surface area contributed by atoms with Crippen LogP contribution in [0.4, 0.5) is 0 Å². The maximum atomic E-state index is 2.44. The topological polar surface area (TPSA) is 0 Å². The third-order valence-electron chi connectivity index (χ3n) is 5.24. The van der Waals surface area contributed by atoms with Crippen LogP contribution in [0.2, 0.25) is 0 Å². The van der Waals surface area contributed by atoms with E-state index in [-0.39, 0.29) is 0 Å². The van der Waals surface area contributed by atoms with Gasteiger partial charge >= 0.3 is 0 Å². The van der Waals surface area contributed by atoms with E-state index in [4.69, 9.17) is 0 Å². The predicted molar refractivity (Wildman–Crippen MR) is 74.4 cm³/mol. The molecule has 1 fully saturated rings. The van der Waals surface area contributed by atoms with Crippen molar-refractivity contribution in [3.05, 3.63) is 47.5 Å². The maximum Gasteiger partial charge on any atom is 0.000143 e. The SMILES string of the molecule is C1=CCC23CSCC2(C1)Cc1ccccc1C3. The second kappa shape index (κ2) is 3.41. The lowest BCUT2D eigenvalue weighted by atomic mass is 9.52. The molecule has 88 valence electrons. The largest absolute Gasteiger partial charge is 0.161 e. The van der Waals surface area contributed by atoms with Gasteiger partial charge in [-0.1, -0.05) is 36.4 Å². The molecule has 1 saturated heterocycles. The molecule has 3 aliphatic rings. The highest BCUT2D eigenvalue weighted by Gasteiger charge is 2.56. The van der Waals surface area contributed by atoms with Crippen molar-refractivity contribution in [2.75, 3.05) is 11.5 Å². The lowest BCUT2D eigenvalue weighted by molar-refractivity contribution is 0.0756. The van der Waals surface area contributed by atoms with E-state index in [0.29, 0.717) is 10.8 Å². The molecule has 0 N–H and O–H groups in total. The monoisotopic (exact) mass is 242 g/mol. The van der Waals surface area contributed by atoms with Crippen molar-refractivity contribution < 1.29 is 0 Å². The van der Waals surface area contributed by atoms with E-state index in [9.17, 15) is 0 Å².